The molecule has 0 saturated heterocycles. The zero-order chi connectivity index (χ0) is 12.5. The van der Waals surface area contributed by atoms with Gasteiger partial charge in [0, 0.05) is 13.1 Å². The largest absolute Gasteiger partial charge is 0.508 e. The van der Waals surface area contributed by atoms with Gasteiger partial charge in [0.1, 0.15) is 5.75 Å². The van der Waals surface area contributed by atoms with Crippen molar-refractivity contribution in [2.45, 2.75) is 13.0 Å². The molecule has 1 aromatic rings. The molecular weight excluding hydrogens is 240 g/mol. The summed E-state index contributed by atoms with van der Waals surface area (Å²) in [6.45, 7) is 0.621. The maximum absolute atomic E-state index is 11.7. The number of nitriles is 1. The lowest BCUT2D eigenvalue weighted by Gasteiger charge is -2.27. The lowest BCUT2D eigenvalue weighted by atomic mass is 10.0. The summed E-state index contributed by atoms with van der Waals surface area (Å²) in [5.74, 6) is -0.371. The van der Waals surface area contributed by atoms with Crippen LogP contribution in [0.4, 0.5) is 0 Å². The molecule has 17 heavy (non-hydrogen) atoms. The van der Waals surface area contributed by atoms with Gasteiger partial charge in [-0.05, 0) is 29.7 Å². The Hall–Kier alpha value is -1.58. The average Bonchev–Trinajstić information content (AvgIpc) is 2.28. The smallest absolute Gasteiger partial charge is 0.227 e. The Balaban J connectivity index is 2.27. The molecule has 0 unspecified atom stereocenters. The van der Waals surface area contributed by atoms with Crippen LogP contribution in [0.25, 0.3) is 0 Å². The normalized spacial score (nSPS) is 16.2. The number of aromatic hydroxyl groups is 1. The standard InChI is InChI=1S/C11H12N2O3S/c12-4-6-17(15,16)13-5-3-9-1-2-11(14)7-10(9)8-13/h1-2,7,14H,3,5-6,8H2. The van der Waals surface area contributed by atoms with Crippen LogP contribution in [-0.2, 0) is 23.0 Å². The summed E-state index contributed by atoms with van der Waals surface area (Å²) in [6.07, 6.45) is 0.611. The van der Waals surface area contributed by atoms with Crippen LogP contribution in [-0.4, -0.2) is 30.1 Å². The second kappa shape index (κ2) is 4.35. The molecule has 0 aromatic heterocycles. The lowest BCUT2D eigenvalue weighted by molar-refractivity contribution is 0.390. The molecule has 5 nitrogen and oxygen atoms in total. The molecule has 0 bridgehead atoms. The Bertz CT molecular complexity index is 575. The average molecular weight is 252 g/mol. The molecule has 1 N–H and O–H groups in total. The predicted molar refractivity (Wildman–Crippen MR) is 61.6 cm³/mol. The summed E-state index contributed by atoms with van der Waals surface area (Å²) in [4.78, 5) is 0. The summed E-state index contributed by atoms with van der Waals surface area (Å²) in [5, 5.41) is 17.8. The summed E-state index contributed by atoms with van der Waals surface area (Å²) in [5.41, 5.74) is 1.85. The van der Waals surface area contributed by atoms with Gasteiger partial charge in [-0.2, -0.15) is 9.57 Å². The molecule has 1 aromatic carbocycles. The summed E-state index contributed by atoms with van der Waals surface area (Å²) < 4.78 is 24.7. The van der Waals surface area contributed by atoms with E-state index in [1.165, 1.54) is 4.31 Å². The van der Waals surface area contributed by atoms with Crippen LogP contribution in [0, 0.1) is 11.3 Å². The van der Waals surface area contributed by atoms with Crippen molar-refractivity contribution in [1.82, 2.24) is 4.31 Å². The van der Waals surface area contributed by atoms with Gasteiger partial charge in [-0.1, -0.05) is 6.07 Å². The maximum atomic E-state index is 11.7. The van der Waals surface area contributed by atoms with Gasteiger partial charge in [-0.25, -0.2) is 8.42 Å². The highest BCUT2D eigenvalue weighted by atomic mass is 32.2. The van der Waals surface area contributed by atoms with Crippen LogP contribution in [0.15, 0.2) is 18.2 Å². The van der Waals surface area contributed by atoms with E-state index in [1.54, 1.807) is 24.3 Å². The van der Waals surface area contributed by atoms with Crippen molar-refractivity contribution in [3.05, 3.63) is 29.3 Å². The van der Waals surface area contributed by atoms with Crippen molar-refractivity contribution in [3.63, 3.8) is 0 Å². The van der Waals surface area contributed by atoms with E-state index in [2.05, 4.69) is 0 Å². The number of fused-ring (bicyclic) bond motifs is 1. The van der Waals surface area contributed by atoms with E-state index in [0.717, 1.165) is 11.1 Å². The molecule has 0 aliphatic carbocycles. The highest BCUT2D eigenvalue weighted by Gasteiger charge is 2.26. The van der Waals surface area contributed by atoms with Crippen molar-refractivity contribution in [1.29, 1.82) is 5.26 Å². The summed E-state index contributed by atoms with van der Waals surface area (Å²) >= 11 is 0. The van der Waals surface area contributed by atoms with Gasteiger partial charge in [0.2, 0.25) is 10.0 Å². The van der Waals surface area contributed by atoms with Crippen LogP contribution in [0.3, 0.4) is 0 Å². The molecule has 1 aliphatic heterocycles. The van der Waals surface area contributed by atoms with E-state index in [1.807, 2.05) is 0 Å². The van der Waals surface area contributed by atoms with Crippen LogP contribution < -0.4 is 0 Å². The molecule has 1 aliphatic rings. The molecule has 0 fully saturated rings. The van der Waals surface area contributed by atoms with Crippen molar-refractivity contribution < 1.29 is 13.5 Å². The zero-order valence-electron chi connectivity index (χ0n) is 9.13. The third-order valence-corrected chi connectivity index (χ3v) is 4.40. The number of benzene rings is 1. The summed E-state index contributed by atoms with van der Waals surface area (Å²) in [6, 6.07) is 6.63. The first kappa shape index (κ1) is 11.9. The SMILES string of the molecule is N#CCS(=O)(=O)N1CCc2ccc(O)cc2C1. The van der Waals surface area contributed by atoms with Crippen LogP contribution in [0.2, 0.25) is 0 Å². The number of nitrogens with zero attached hydrogens (tertiary/aromatic N) is 2. The number of rotatable bonds is 2. The first-order valence-electron chi connectivity index (χ1n) is 5.18. The Morgan fingerprint density at radius 2 is 2.18 bits per heavy atom. The second-order valence-corrected chi connectivity index (χ2v) is 5.92. The van der Waals surface area contributed by atoms with Crippen molar-refractivity contribution >= 4 is 10.0 Å². The van der Waals surface area contributed by atoms with Gasteiger partial charge in [-0.3, -0.25) is 0 Å². The van der Waals surface area contributed by atoms with Gasteiger partial charge >= 0.3 is 0 Å². The van der Waals surface area contributed by atoms with Crippen LogP contribution in [0.1, 0.15) is 11.1 Å². The molecular formula is C11H12N2O3S. The minimum Gasteiger partial charge on any atom is -0.508 e. The number of hydrogen-bond donors (Lipinski definition) is 1. The van der Waals surface area contributed by atoms with Crippen molar-refractivity contribution in [3.8, 4) is 11.8 Å². The molecule has 1 heterocycles. The quantitative estimate of drug-likeness (QED) is 0.835. The van der Waals surface area contributed by atoms with E-state index >= 15 is 0 Å². The molecule has 0 saturated carbocycles. The van der Waals surface area contributed by atoms with Gasteiger partial charge in [-0.15, -0.1) is 0 Å². The molecule has 90 valence electrons. The topological polar surface area (TPSA) is 81.4 Å². The third kappa shape index (κ3) is 2.40. The fourth-order valence-corrected chi connectivity index (χ4v) is 2.98. The number of hydrogen-bond acceptors (Lipinski definition) is 4. The number of sulfonamides is 1. The molecule has 2 rings (SSSR count). The monoisotopic (exact) mass is 252 g/mol. The maximum Gasteiger partial charge on any atom is 0.227 e. The predicted octanol–water partition coefficient (Wildman–Crippen LogP) is 0.604. The zero-order valence-corrected chi connectivity index (χ0v) is 9.94. The summed E-state index contributed by atoms with van der Waals surface area (Å²) in [7, 11) is -3.50. The van der Waals surface area contributed by atoms with E-state index in [9.17, 15) is 13.5 Å². The van der Waals surface area contributed by atoms with Gasteiger partial charge < -0.3 is 5.11 Å². The molecule has 0 atom stereocenters. The minimum absolute atomic E-state index is 0.128. The van der Waals surface area contributed by atoms with E-state index in [-0.39, 0.29) is 12.3 Å². The first-order valence-corrected chi connectivity index (χ1v) is 6.79. The third-order valence-electron chi connectivity index (χ3n) is 2.81. The van der Waals surface area contributed by atoms with E-state index in [4.69, 9.17) is 5.26 Å². The minimum atomic E-state index is -3.50. The molecule has 0 spiro atoms. The highest BCUT2D eigenvalue weighted by Crippen LogP contribution is 2.24. The number of phenols is 1. The molecule has 6 heteroatoms. The van der Waals surface area contributed by atoms with E-state index < -0.39 is 15.8 Å². The van der Waals surface area contributed by atoms with Crippen molar-refractivity contribution in [2.75, 3.05) is 12.3 Å². The van der Waals surface area contributed by atoms with Gasteiger partial charge in [0.05, 0.1) is 6.07 Å². The van der Waals surface area contributed by atoms with E-state index in [0.29, 0.717) is 13.0 Å². The Kier molecular flexibility index (Phi) is 3.05. The van der Waals surface area contributed by atoms with Gasteiger partial charge in [0.25, 0.3) is 0 Å². The Morgan fingerprint density at radius 1 is 1.41 bits per heavy atom. The molecule has 0 amide bonds. The Labute approximate surface area is 100.0 Å². The van der Waals surface area contributed by atoms with Crippen molar-refractivity contribution in [2.24, 2.45) is 0 Å². The highest BCUT2D eigenvalue weighted by molar-refractivity contribution is 7.89. The Morgan fingerprint density at radius 3 is 2.88 bits per heavy atom. The molecule has 0 radical (unpaired) electrons. The number of phenolic OH excluding ortho intramolecular Hbond substituents is 1. The first-order chi connectivity index (χ1) is 8.03. The van der Waals surface area contributed by atoms with Crippen LogP contribution in [0.5, 0.6) is 5.75 Å². The fraction of sp³-hybridized carbons (Fsp3) is 0.364. The van der Waals surface area contributed by atoms with Gasteiger partial charge in [0.15, 0.2) is 5.75 Å². The lowest BCUT2D eigenvalue weighted by Crippen LogP contribution is -2.37. The fourth-order valence-electron chi connectivity index (χ4n) is 1.93. The van der Waals surface area contributed by atoms with Crippen LogP contribution >= 0.6 is 0 Å². The second-order valence-electron chi connectivity index (χ2n) is 3.95.